The molecule has 0 spiro atoms. The molecular formula is C23H30N6O2. The summed E-state index contributed by atoms with van der Waals surface area (Å²) >= 11 is 0. The summed E-state index contributed by atoms with van der Waals surface area (Å²) in [4.78, 5) is 17.7. The van der Waals surface area contributed by atoms with Crippen LogP contribution in [0.4, 0.5) is 17.5 Å². The summed E-state index contributed by atoms with van der Waals surface area (Å²) in [6.07, 6.45) is 7.25. The van der Waals surface area contributed by atoms with Crippen molar-refractivity contribution in [3.8, 4) is 11.6 Å². The number of hydrogen-bond acceptors (Lipinski definition) is 8. The maximum Gasteiger partial charge on any atom is 0.225 e. The Morgan fingerprint density at radius 3 is 2.90 bits per heavy atom. The highest BCUT2D eigenvalue weighted by molar-refractivity contribution is 5.59. The van der Waals surface area contributed by atoms with Crippen LogP contribution in [-0.2, 0) is 0 Å². The second-order valence-corrected chi connectivity index (χ2v) is 7.76. The van der Waals surface area contributed by atoms with Gasteiger partial charge in [0.15, 0.2) is 11.6 Å². The summed E-state index contributed by atoms with van der Waals surface area (Å²) in [6.45, 7) is 12.1. The topological polar surface area (TPSA) is 75.6 Å². The molecule has 31 heavy (non-hydrogen) atoms. The summed E-state index contributed by atoms with van der Waals surface area (Å²) in [5.74, 6) is 2.66. The van der Waals surface area contributed by atoms with Crippen molar-refractivity contribution in [1.82, 2.24) is 15.0 Å². The van der Waals surface area contributed by atoms with Crippen LogP contribution in [-0.4, -0.2) is 60.9 Å². The van der Waals surface area contributed by atoms with E-state index in [2.05, 4.69) is 38.2 Å². The average molecular weight is 423 g/mol. The summed E-state index contributed by atoms with van der Waals surface area (Å²) in [6, 6.07) is 4.20. The minimum absolute atomic E-state index is 0. The zero-order valence-corrected chi connectivity index (χ0v) is 18.2. The van der Waals surface area contributed by atoms with Crippen molar-refractivity contribution < 1.29 is 10.9 Å². The van der Waals surface area contributed by atoms with Crippen LogP contribution in [0.5, 0.6) is 11.6 Å². The first kappa shape index (κ1) is 20.7. The van der Waals surface area contributed by atoms with Crippen LogP contribution in [0.25, 0.3) is 0 Å². The molecule has 2 aliphatic rings. The number of ether oxygens (including phenoxy) is 2. The lowest BCUT2D eigenvalue weighted by molar-refractivity contribution is 0.278. The van der Waals surface area contributed by atoms with Gasteiger partial charge in [0, 0.05) is 39.5 Å². The molecule has 8 nitrogen and oxygen atoms in total. The summed E-state index contributed by atoms with van der Waals surface area (Å²) in [7, 11) is 3.64. The number of likely N-dealkylation sites (N-methyl/N-ethyl adjacent to an activating group) is 1. The highest BCUT2D eigenvalue weighted by Gasteiger charge is 2.31. The van der Waals surface area contributed by atoms with Gasteiger partial charge < -0.3 is 24.6 Å². The molecule has 2 aromatic rings. The molecule has 2 aromatic heterocycles. The fourth-order valence-electron chi connectivity index (χ4n) is 3.85. The van der Waals surface area contributed by atoms with Gasteiger partial charge in [0.25, 0.3) is 0 Å². The Morgan fingerprint density at radius 1 is 1.39 bits per heavy atom. The highest BCUT2D eigenvalue weighted by atomic mass is 16.5. The number of fused-ring (bicyclic) bond motifs is 1. The molecule has 0 aromatic carbocycles. The van der Waals surface area contributed by atoms with Crippen molar-refractivity contribution in [2.24, 2.45) is 0 Å². The number of hydrogen-bond donors (Lipinski definition) is 1. The lowest BCUT2D eigenvalue weighted by Gasteiger charge is -2.41. The van der Waals surface area contributed by atoms with Crippen LogP contribution >= 0.6 is 0 Å². The molecule has 1 N–H and O–H groups in total. The number of rotatable bonds is 7. The molecule has 0 bridgehead atoms. The first-order valence-corrected chi connectivity index (χ1v) is 10.2. The molecule has 0 amide bonds. The second-order valence-electron chi connectivity index (χ2n) is 7.76. The number of allylic oxidation sites excluding steroid dienone is 2. The van der Waals surface area contributed by atoms with E-state index in [-0.39, 0.29) is 13.5 Å². The highest BCUT2D eigenvalue weighted by Crippen LogP contribution is 2.34. The summed E-state index contributed by atoms with van der Waals surface area (Å²) < 4.78 is 11.2. The fraction of sp³-hybridized carbons (Fsp3) is 0.348. The lowest BCUT2D eigenvalue weighted by Crippen LogP contribution is -2.55. The third kappa shape index (κ3) is 4.19. The van der Waals surface area contributed by atoms with E-state index in [0.29, 0.717) is 24.2 Å². The molecule has 1 fully saturated rings. The normalized spacial score (nSPS) is 18.5. The van der Waals surface area contributed by atoms with E-state index in [1.165, 1.54) is 0 Å². The van der Waals surface area contributed by atoms with Crippen LogP contribution in [0.15, 0.2) is 61.0 Å². The number of nitrogens with one attached hydrogen (secondary N) is 1. The standard InChI is InChI=1S/C23H28N6O2.H2/c1-6-7-18(15(2)3)19-14-31-20-11-25-23(27-22(20)28(19)4)26-16-12-29(13-16)17-8-9-24-21(10-17)30-5;/h6-11,16,19H,1-2,12-14H2,3-5H3,(H,25,26,27);1H/b18-7+;. The SMILES string of the molecule is C=C/C=C(\C(=C)C)C1COc2cnc(NC3CN(c4ccnc(OC)c4)C3)nc2N1C.[HH]. The van der Waals surface area contributed by atoms with Gasteiger partial charge in [0.1, 0.15) is 6.61 Å². The van der Waals surface area contributed by atoms with E-state index in [1.54, 1.807) is 25.6 Å². The smallest absolute Gasteiger partial charge is 0.225 e. The number of anilines is 3. The maximum absolute atomic E-state index is 5.94. The molecule has 0 saturated carbocycles. The molecular weight excluding hydrogens is 392 g/mol. The van der Waals surface area contributed by atoms with Gasteiger partial charge in [-0.2, -0.15) is 4.98 Å². The third-order valence-corrected chi connectivity index (χ3v) is 5.59. The van der Waals surface area contributed by atoms with Crippen molar-refractivity contribution >= 4 is 17.5 Å². The zero-order valence-electron chi connectivity index (χ0n) is 18.2. The van der Waals surface area contributed by atoms with Gasteiger partial charge in [0.2, 0.25) is 11.8 Å². The summed E-state index contributed by atoms with van der Waals surface area (Å²) in [5.41, 5.74) is 3.16. The Labute approximate surface area is 184 Å². The van der Waals surface area contributed by atoms with Gasteiger partial charge in [-0.3, -0.25) is 0 Å². The van der Waals surface area contributed by atoms with Crippen LogP contribution in [0.2, 0.25) is 0 Å². The molecule has 2 aliphatic heterocycles. The van der Waals surface area contributed by atoms with Gasteiger partial charge in [-0.05, 0) is 18.6 Å². The molecule has 1 unspecified atom stereocenters. The average Bonchev–Trinajstić information content (AvgIpc) is 2.75. The van der Waals surface area contributed by atoms with Gasteiger partial charge in [-0.15, -0.1) is 0 Å². The fourth-order valence-corrected chi connectivity index (χ4v) is 3.85. The Morgan fingerprint density at radius 2 is 2.19 bits per heavy atom. The summed E-state index contributed by atoms with van der Waals surface area (Å²) in [5, 5.41) is 3.43. The maximum atomic E-state index is 5.94. The Balaban J connectivity index is 0.00000289. The quantitative estimate of drug-likeness (QED) is 0.681. The van der Waals surface area contributed by atoms with Crippen LogP contribution in [0.3, 0.4) is 0 Å². The second kappa shape index (κ2) is 8.67. The molecule has 4 heterocycles. The Bertz CT molecular complexity index is 1020. The van der Waals surface area contributed by atoms with Crippen molar-refractivity contribution in [2.75, 3.05) is 49.0 Å². The number of nitrogens with zero attached hydrogens (tertiary/aromatic N) is 5. The van der Waals surface area contributed by atoms with Gasteiger partial charge in [-0.1, -0.05) is 30.9 Å². The largest absolute Gasteiger partial charge is 0.486 e. The Hall–Kier alpha value is -3.55. The van der Waals surface area contributed by atoms with Crippen molar-refractivity contribution in [3.05, 3.63) is 61.0 Å². The van der Waals surface area contributed by atoms with E-state index in [1.807, 2.05) is 32.2 Å². The molecule has 1 saturated heterocycles. The van der Waals surface area contributed by atoms with E-state index in [9.17, 15) is 0 Å². The minimum atomic E-state index is 0. The Kier molecular flexibility index (Phi) is 5.79. The van der Waals surface area contributed by atoms with Crippen molar-refractivity contribution in [2.45, 2.75) is 19.0 Å². The van der Waals surface area contributed by atoms with E-state index < -0.39 is 0 Å². The third-order valence-electron chi connectivity index (χ3n) is 5.59. The lowest BCUT2D eigenvalue weighted by atomic mass is 9.99. The predicted molar refractivity (Wildman–Crippen MR) is 125 cm³/mol. The molecule has 1 atom stereocenters. The molecule has 8 heteroatoms. The van der Waals surface area contributed by atoms with E-state index in [4.69, 9.17) is 14.5 Å². The van der Waals surface area contributed by atoms with E-state index in [0.717, 1.165) is 35.7 Å². The van der Waals surface area contributed by atoms with Crippen LogP contribution in [0.1, 0.15) is 8.35 Å². The van der Waals surface area contributed by atoms with Crippen molar-refractivity contribution in [1.29, 1.82) is 0 Å². The first-order valence-electron chi connectivity index (χ1n) is 10.2. The van der Waals surface area contributed by atoms with Gasteiger partial charge in [0.05, 0.1) is 25.4 Å². The first-order chi connectivity index (χ1) is 15.0. The number of aromatic nitrogens is 3. The molecule has 0 aliphatic carbocycles. The minimum Gasteiger partial charge on any atom is -0.486 e. The van der Waals surface area contributed by atoms with Gasteiger partial charge in [-0.25, -0.2) is 9.97 Å². The van der Waals surface area contributed by atoms with E-state index >= 15 is 0 Å². The molecule has 4 rings (SSSR count). The van der Waals surface area contributed by atoms with Crippen molar-refractivity contribution in [3.63, 3.8) is 0 Å². The molecule has 164 valence electrons. The van der Waals surface area contributed by atoms with Crippen LogP contribution in [0, 0.1) is 0 Å². The van der Waals surface area contributed by atoms with Crippen LogP contribution < -0.4 is 24.6 Å². The van der Waals surface area contributed by atoms with Gasteiger partial charge >= 0.3 is 0 Å². The zero-order chi connectivity index (χ0) is 22.0. The number of methoxy groups -OCH3 is 1. The molecule has 0 radical (unpaired) electrons. The monoisotopic (exact) mass is 422 g/mol. The predicted octanol–water partition coefficient (Wildman–Crippen LogP) is 3.31. The number of pyridine rings is 1.